The van der Waals surface area contributed by atoms with E-state index in [0.717, 1.165) is 12.8 Å². The maximum absolute atomic E-state index is 9.15. The Balaban J connectivity index is 2.62. The van der Waals surface area contributed by atoms with Crippen LogP contribution in [0.3, 0.4) is 0 Å². The Morgan fingerprint density at radius 2 is 1.88 bits per heavy atom. The fraction of sp³-hybridized carbons (Fsp3) is 0.467. The second-order valence-corrected chi connectivity index (χ2v) is 5.22. The van der Waals surface area contributed by atoms with Crippen LogP contribution >= 0.6 is 0 Å². The predicted octanol–water partition coefficient (Wildman–Crippen LogP) is 3.17. The van der Waals surface area contributed by atoms with Crippen molar-refractivity contribution in [3.05, 3.63) is 34.4 Å². The Kier molecular flexibility index (Phi) is 2.68. The van der Waals surface area contributed by atoms with Crippen molar-refractivity contribution in [1.29, 1.82) is 10.5 Å². The van der Waals surface area contributed by atoms with Crippen LogP contribution in [0.25, 0.3) is 0 Å². The molecule has 0 amide bonds. The first-order chi connectivity index (χ1) is 8.02. The van der Waals surface area contributed by atoms with Crippen molar-refractivity contribution >= 4 is 0 Å². The van der Waals surface area contributed by atoms with Crippen LogP contribution in [0.5, 0.6) is 0 Å². The van der Waals surface area contributed by atoms with E-state index in [1.54, 1.807) is 0 Å². The first-order valence-corrected chi connectivity index (χ1v) is 5.93. The summed E-state index contributed by atoms with van der Waals surface area (Å²) in [5.41, 5.74) is 4.74. The lowest BCUT2D eigenvalue weighted by Gasteiger charge is -2.28. The Labute approximate surface area is 102 Å². The maximum atomic E-state index is 9.15. The molecule has 1 aromatic carbocycles. The molecule has 1 unspecified atom stereocenters. The van der Waals surface area contributed by atoms with E-state index in [2.05, 4.69) is 45.0 Å². The van der Waals surface area contributed by atoms with Crippen molar-refractivity contribution in [2.24, 2.45) is 5.92 Å². The summed E-state index contributed by atoms with van der Waals surface area (Å²) in [7, 11) is 0. The predicted molar refractivity (Wildman–Crippen MR) is 66.3 cm³/mol. The van der Waals surface area contributed by atoms with Crippen LogP contribution in [-0.2, 0) is 11.8 Å². The highest BCUT2D eigenvalue weighted by Gasteiger charge is 2.42. The highest BCUT2D eigenvalue weighted by Crippen LogP contribution is 2.45. The molecule has 0 heterocycles. The minimum atomic E-state index is -0.551. The second kappa shape index (κ2) is 3.90. The van der Waals surface area contributed by atoms with E-state index in [-0.39, 0.29) is 5.41 Å². The molecule has 17 heavy (non-hydrogen) atoms. The van der Waals surface area contributed by atoms with E-state index >= 15 is 0 Å². The number of aryl methyl sites for hydroxylation is 3. The summed E-state index contributed by atoms with van der Waals surface area (Å²) in [6.07, 6.45) is 1.88. The molecule has 1 aromatic rings. The van der Waals surface area contributed by atoms with Gasteiger partial charge in [0, 0.05) is 5.41 Å². The zero-order valence-electron chi connectivity index (χ0n) is 10.5. The number of fused-ring (bicyclic) bond motifs is 1. The molecule has 0 radical (unpaired) electrons. The van der Waals surface area contributed by atoms with Crippen LogP contribution in [0.15, 0.2) is 12.1 Å². The van der Waals surface area contributed by atoms with Crippen LogP contribution in [0.1, 0.15) is 35.6 Å². The van der Waals surface area contributed by atoms with Gasteiger partial charge in [0.25, 0.3) is 0 Å². The summed E-state index contributed by atoms with van der Waals surface area (Å²) in [5.74, 6) is -0.551. The van der Waals surface area contributed by atoms with Crippen molar-refractivity contribution in [3.8, 4) is 12.1 Å². The topological polar surface area (TPSA) is 47.6 Å². The molecule has 0 aromatic heterocycles. The van der Waals surface area contributed by atoms with E-state index < -0.39 is 5.92 Å². The molecule has 0 spiro atoms. The Bertz CT molecular complexity index is 531. The number of nitrogens with zero attached hydrogens (tertiary/aromatic N) is 2. The summed E-state index contributed by atoms with van der Waals surface area (Å²) in [4.78, 5) is 0. The third-order valence-corrected chi connectivity index (χ3v) is 3.94. The van der Waals surface area contributed by atoms with Crippen LogP contribution in [0.4, 0.5) is 0 Å². The van der Waals surface area contributed by atoms with Gasteiger partial charge < -0.3 is 0 Å². The Morgan fingerprint density at radius 3 is 2.47 bits per heavy atom. The summed E-state index contributed by atoms with van der Waals surface area (Å²) < 4.78 is 0. The average Bonchev–Trinajstić information content (AvgIpc) is 2.58. The van der Waals surface area contributed by atoms with Gasteiger partial charge in [0.1, 0.15) is 5.92 Å². The summed E-state index contributed by atoms with van der Waals surface area (Å²) >= 11 is 0. The second-order valence-electron chi connectivity index (χ2n) is 5.22. The van der Waals surface area contributed by atoms with Gasteiger partial charge in [0.2, 0.25) is 0 Å². The standard InChI is InChI=1S/C15H16N2/c1-10-6-11(2)14-12(7-10)4-5-15(14,3)13(8-16)9-17/h6-7,13H,4-5H2,1-3H3. The molecule has 0 aliphatic heterocycles. The molecule has 0 fully saturated rings. The molecule has 2 nitrogen and oxygen atoms in total. The van der Waals surface area contributed by atoms with Gasteiger partial charge in [-0.25, -0.2) is 0 Å². The number of rotatable bonds is 1. The van der Waals surface area contributed by atoms with Gasteiger partial charge >= 0.3 is 0 Å². The smallest absolute Gasteiger partial charge is 0.142 e. The molecule has 0 N–H and O–H groups in total. The van der Waals surface area contributed by atoms with Crippen molar-refractivity contribution in [3.63, 3.8) is 0 Å². The lowest BCUT2D eigenvalue weighted by atomic mass is 9.72. The fourth-order valence-electron chi connectivity index (χ4n) is 3.19. The molecule has 1 atom stereocenters. The molecule has 0 bridgehead atoms. The van der Waals surface area contributed by atoms with Gasteiger partial charge in [0.15, 0.2) is 0 Å². The SMILES string of the molecule is Cc1cc(C)c2c(c1)CCC2(C)C(C#N)C#N. The summed E-state index contributed by atoms with van der Waals surface area (Å²) in [6.45, 7) is 6.23. The van der Waals surface area contributed by atoms with Gasteiger partial charge in [-0.3, -0.25) is 0 Å². The molecule has 1 aliphatic carbocycles. The number of hydrogen-bond donors (Lipinski definition) is 0. The van der Waals surface area contributed by atoms with E-state index in [0.29, 0.717) is 0 Å². The van der Waals surface area contributed by atoms with Gasteiger partial charge in [-0.05, 0) is 43.4 Å². The zero-order valence-corrected chi connectivity index (χ0v) is 10.5. The number of benzene rings is 1. The van der Waals surface area contributed by atoms with Crippen LogP contribution in [-0.4, -0.2) is 0 Å². The lowest BCUT2D eigenvalue weighted by molar-refractivity contribution is 0.411. The van der Waals surface area contributed by atoms with Crippen LogP contribution in [0.2, 0.25) is 0 Å². The minimum Gasteiger partial charge on any atom is -0.197 e. The van der Waals surface area contributed by atoms with Crippen LogP contribution < -0.4 is 0 Å². The van der Waals surface area contributed by atoms with E-state index in [9.17, 15) is 0 Å². The van der Waals surface area contributed by atoms with E-state index in [1.807, 2.05) is 0 Å². The van der Waals surface area contributed by atoms with Crippen molar-refractivity contribution in [2.45, 2.75) is 39.0 Å². The van der Waals surface area contributed by atoms with Gasteiger partial charge in [0.05, 0.1) is 12.1 Å². The maximum Gasteiger partial charge on any atom is 0.142 e. The average molecular weight is 224 g/mol. The lowest BCUT2D eigenvalue weighted by Crippen LogP contribution is -2.28. The van der Waals surface area contributed by atoms with Gasteiger partial charge in [-0.15, -0.1) is 0 Å². The quantitative estimate of drug-likeness (QED) is 0.735. The fourth-order valence-corrected chi connectivity index (χ4v) is 3.19. The zero-order chi connectivity index (χ0) is 12.6. The van der Waals surface area contributed by atoms with Crippen molar-refractivity contribution in [1.82, 2.24) is 0 Å². The molecule has 2 rings (SSSR count). The molecular formula is C15H16N2. The molecule has 86 valence electrons. The number of nitriles is 2. The third-order valence-electron chi connectivity index (χ3n) is 3.94. The van der Waals surface area contributed by atoms with Crippen molar-refractivity contribution in [2.75, 3.05) is 0 Å². The molecule has 0 saturated heterocycles. The van der Waals surface area contributed by atoms with Gasteiger partial charge in [-0.1, -0.05) is 24.6 Å². The Hall–Kier alpha value is -1.80. The van der Waals surface area contributed by atoms with Gasteiger partial charge in [-0.2, -0.15) is 10.5 Å². The molecule has 2 heteroatoms. The van der Waals surface area contributed by atoms with E-state index in [1.165, 1.54) is 22.3 Å². The highest BCUT2D eigenvalue weighted by atomic mass is 14.5. The first-order valence-electron chi connectivity index (χ1n) is 5.93. The van der Waals surface area contributed by atoms with Crippen LogP contribution in [0, 0.1) is 42.4 Å². The van der Waals surface area contributed by atoms with Crippen molar-refractivity contribution < 1.29 is 0 Å². The molecular weight excluding hydrogens is 208 g/mol. The summed E-state index contributed by atoms with van der Waals surface area (Å²) in [6, 6.07) is 8.65. The highest BCUT2D eigenvalue weighted by molar-refractivity contribution is 5.48. The summed E-state index contributed by atoms with van der Waals surface area (Å²) in [5, 5.41) is 18.3. The monoisotopic (exact) mass is 224 g/mol. The Morgan fingerprint density at radius 1 is 1.24 bits per heavy atom. The minimum absolute atomic E-state index is 0.295. The normalized spacial score (nSPS) is 22.0. The van der Waals surface area contributed by atoms with E-state index in [4.69, 9.17) is 10.5 Å². The number of hydrogen-bond acceptors (Lipinski definition) is 2. The third kappa shape index (κ3) is 1.61. The molecule has 1 aliphatic rings. The largest absolute Gasteiger partial charge is 0.197 e. The first kappa shape index (κ1) is 11.7. The molecule has 0 saturated carbocycles.